The van der Waals surface area contributed by atoms with Crippen LogP contribution in [0, 0.1) is 0 Å². The monoisotopic (exact) mass is 302 g/mol. The van der Waals surface area contributed by atoms with E-state index in [1.165, 1.54) is 10.1 Å². The van der Waals surface area contributed by atoms with Gasteiger partial charge in [-0.1, -0.05) is 31.5 Å². The summed E-state index contributed by atoms with van der Waals surface area (Å²) in [6, 6.07) is 7.84. The molecular formula is C16H18N2O2S. The van der Waals surface area contributed by atoms with Crippen LogP contribution in [-0.2, 0) is 16.1 Å². The van der Waals surface area contributed by atoms with E-state index in [-0.39, 0.29) is 24.4 Å². The number of carbonyl (C=O) groups excluding carboxylic acids is 2. The van der Waals surface area contributed by atoms with Crippen molar-refractivity contribution in [3.63, 3.8) is 0 Å². The van der Waals surface area contributed by atoms with Crippen molar-refractivity contribution in [3.8, 4) is 0 Å². The lowest BCUT2D eigenvalue weighted by atomic mass is 10.0. The van der Waals surface area contributed by atoms with Crippen molar-refractivity contribution >= 4 is 33.2 Å². The van der Waals surface area contributed by atoms with Crippen molar-refractivity contribution in [2.75, 3.05) is 6.54 Å². The van der Waals surface area contributed by atoms with Crippen LogP contribution in [0.25, 0.3) is 10.1 Å². The van der Waals surface area contributed by atoms with Crippen LogP contribution in [0.2, 0.25) is 0 Å². The third-order valence-electron chi connectivity index (χ3n) is 3.88. The van der Waals surface area contributed by atoms with Gasteiger partial charge >= 0.3 is 0 Å². The number of nitrogens with one attached hydrogen (secondary N) is 1. The van der Waals surface area contributed by atoms with E-state index in [2.05, 4.69) is 22.8 Å². The fraction of sp³-hybridized carbons (Fsp3) is 0.375. The molecule has 110 valence electrons. The van der Waals surface area contributed by atoms with Crippen LogP contribution < -0.4 is 5.32 Å². The first-order valence-corrected chi connectivity index (χ1v) is 8.11. The van der Waals surface area contributed by atoms with Crippen LogP contribution in [0.15, 0.2) is 29.6 Å². The molecule has 0 aliphatic carbocycles. The van der Waals surface area contributed by atoms with E-state index in [0.717, 1.165) is 12.0 Å². The van der Waals surface area contributed by atoms with Gasteiger partial charge in [-0.05, 0) is 28.8 Å². The van der Waals surface area contributed by atoms with E-state index >= 15 is 0 Å². The van der Waals surface area contributed by atoms with Gasteiger partial charge in [0.15, 0.2) is 0 Å². The first-order valence-electron chi connectivity index (χ1n) is 7.23. The minimum atomic E-state index is -0.338. The highest BCUT2D eigenvalue weighted by Gasteiger charge is 2.33. The molecule has 5 heteroatoms. The minimum Gasteiger partial charge on any atom is -0.345 e. The van der Waals surface area contributed by atoms with Gasteiger partial charge < -0.3 is 10.2 Å². The smallest absolute Gasteiger partial charge is 0.243 e. The molecule has 4 nitrogen and oxygen atoms in total. The zero-order valence-electron chi connectivity index (χ0n) is 12.0. The molecule has 1 N–H and O–H groups in total. The Kier molecular flexibility index (Phi) is 3.92. The number of rotatable bonds is 4. The normalized spacial score (nSPS) is 19.1. The molecule has 2 amide bonds. The van der Waals surface area contributed by atoms with Crippen molar-refractivity contribution in [2.24, 2.45) is 0 Å². The molecule has 0 radical (unpaired) electrons. The molecule has 2 heterocycles. The first-order chi connectivity index (χ1) is 10.2. The summed E-state index contributed by atoms with van der Waals surface area (Å²) in [5.41, 5.74) is 1.12. The Morgan fingerprint density at radius 1 is 1.33 bits per heavy atom. The number of carbonyl (C=O) groups is 2. The molecular weight excluding hydrogens is 284 g/mol. The van der Waals surface area contributed by atoms with E-state index in [0.29, 0.717) is 13.0 Å². The molecule has 1 atom stereocenters. The van der Waals surface area contributed by atoms with Gasteiger partial charge in [0.25, 0.3) is 0 Å². The lowest BCUT2D eigenvalue weighted by Gasteiger charge is -2.34. The molecule has 1 fully saturated rings. The number of benzene rings is 1. The molecule has 0 saturated carbocycles. The SMILES string of the molecule is CCCC1C(=O)NCC(=O)N1Cc1csc2ccccc12. The van der Waals surface area contributed by atoms with Gasteiger partial charge in [0, 0.05) is 11.2 Å². The van der Waals surface area contributed by atoms with Crippen LogP contribution >= 0.6 is 11.3 Å². The fourth-order valence-corrected chi connectivity index (χ4v) is 3.75. The van der Waals surface area contributed by atoms with Crippen LogP contribution in [0.5, 0.6) is 0 Å². The summed E-state index contributed by atoms with van der Waals surface area (Å²) in [6.45, 7) is 2.66. The van der Waals surface area contributed by atoms with E-state index in [1.54, 1.807) is 16.2 Å². The highest BCUT2D eigenvalue weighted by Crippen LogP contribution is 2.28. The van der Waals surface area contributed by atoms with Gasteiger partial charge in [-0.2, -0.15) is 0 Å². The predicted molar refractivity (Wildman–Crippen MR) is 84.1 cm³/mol. The number of fused-ring (bicyclic) bond motifs is 1. The molecule has 1 aliphatic heterocycles. The van der Waals surface area contributed by atoms with Gasteiger partial charge in [0.1, 0.15) is 6.04 Å². The number of hydrogen-bond acceptors (Lipinski definition) is 3. The highest BCUT2D eigenvalue weighted by atomic mass is 32.1. The molecule has 1 aromatic carbocycles. The van der Waals surface area contributed by atoms with Gasteiger partial charge in [-0.25, -0.2) is 0 Å². The standard InChI is InChI=1S/C16H18N2O2S/c1-2-5-13-16(20)17-8-15(19)18(13)9-11-10-21-14-7-4-3-6-12(11)14/h3-4,6-7,10,13H,2,5,8-9H2,1H3,(H,17,20). The van der Waals surface area contributed by atoms with E-state index in [9.17, 15) is 9.59 Å². The number of piperazine rings is 1. The lowest BCUT2D eigenvalue weighted by Crippen LogP contribution is -2.57. The van der Waals surface area contributed by atoms with Crippen LogP contribution in [-0.4, -0.2) is 29.3 Å². The summed E-state index contributed by atoms with van der Waals surface area (Å²) in [5, 5.41) is 5.95. The Bertz CT molecular complexity index is 680. The first kappa shape index (κ1) is 14.1. The predicted octanol–water partition coefficient (Wildman–Crippen LogP) is 2.53. The summed E-state index contributed by atoms with van der Waals surface area (Å²) in [4.78, 5) is 26.0. The topological polar surface area (TPSA) is 49.4 Å². The summed E-state index contributed by atoms with van der Waals surface area (Å²) >= 11 is 1.68. The zero-order valence-corrected chi connectivity index (χ0v) is 12.8. The largest absolute Gasteiger partial charge is 0.345 e. The summed E-state index contributed by atoms with van der Waals surface area (Å²) in [5.74, 6) is -0.0284. The lowest BCUT2D eigenvalue weighted by molar-refractivity contribution is -0.146. The molecule has 3 rings (SSSR count). The molecule has 0 bridgehead atoms. The van der Waals surface area contributed by atoms with Crippen LogP contribution in [0.4, 0.5) is 0 Å². The Labute approximate surface area is 127 Å². The number of nitrogens with zero attached hydrogens (tertiary/aromatic N) is 1. The van der Waals surface area contributed by atoms with Gasteiger partial charge in [0.05, 0.1) is 6.54 Å². The maximum absolute atomic E-state index is 12.2. The third-order valence-corrected chi connectivity index (χ3v) is 4.89. The number of thiophene rings is 1. The highest BCUT2D eigenvalue weighted by molar-refractivity contribution is 7.17. The van der Waals surface area contributed by atoms with Crippen molar-refractivity contribution in [1.29, 1.82) is 0 Å². The fourth-order valence-electron chi connectivity index (χ4n) is 2.79. The Morgan fingerprint density at radius 2 is 2.14 bits per heavy atom. The second-order valence-corrected chi connectivity index (χ2v) is 6.21. The third kappa shape index (κ3) is 2.65. The quantitative estimate of drug-likeness (QED) is 0.943. The summed E-state index contributed by atoms with van der Waals surface area (Å²) in [7, 11) is 0. The van der Waals surface area contributed by atoms with Crippen LogP contribution in [0.3, 0.4) is 0 Å². The second-order valence-electron chi connectivity index (χ2n) is 5.30. The van der Waals surface area contributed by atoms with Crippen molar-refractivity contribution in [3.05, 3.63) is 35.2 Å². The van der Waals surface area contributed by atoms with Gasteiger partial charge in [0.2, 0.25) is 11.8 Å². The average molecular weight is 302 g/mol. The molecule has 21 heavy (non-hydrogen) atoms. The Hall–Kier alpha value is -1.88. The minimum absolute atomic E-state index is 0.00308. The molecule has 1 unspecified atom stereocenters. The molecule has 2 aromatic rings. The van der Waals surface area contributed by atoms with E-state index in [1.807, 2.05) is 19.1 Å². The van der Waals surface area contributed by atoms with E-state index < -0.39 is 0 Å². The molecule has 0 spiro atoms. The van der Waals surface area contributed by atoms with Gasteiger partial charge in [-0.3, -0.25) is 9.59 Å². The number of amides is 2. The maximum Gasteiger partial charge on any atom is 0.243 e. The average Bonchev–Trinajstić information content (AvgIpc) is 2.90. The second kappa shape index (κ2) is 5.85. The molecule has 1 aromatic heterocycles. The summed E-state index contributed by atoms with van der Waals surface area (Å²) in [6.07, 6.45) is 1.59. The molecule has 1 aliphatic rings. The Balaban J connectivity index is 1.90. The molecule has 1 saturated heterocycles. The van der Waals surface area contributed by atoms with E-state index in [4.69, 9.17) is 0 Å². The zero-order chi connectivity index (χ0) is 14.8. The van der Waals surface area contributed by atoms with Crippen molar-refractivity contribution in [2.45, 2.75) is 32.4 Å². The van der Waals surface area contributed by atoms with Crippen molar-refractivity contribution in [1.82, 2.24) is 10.2 Å². The summed E-state index contributed by atoms with van der Waals surface area (Å²) < 4.78 is 1.22. The van der Waals surface area contributed by atoms with Gasteiger partial charge in [-0.15, -0.1) is 11.3 Å². The number of hydrogen-bond donors (Lipinski definition) is 1. The van der Waals surface area contributed by atoms with Crippen molar-refractivity contribution < 1.29 is 9.59 Å². The maximum atomic E-state index is 12.2. The Morgan fingerprint density at radius 3 is 2.95 bits per heavy atom. The van der Waals surface area contributed by atoms with Crippen LogP contribution in [0.1, 0.15) is 25.3 Å².